The summed E-state index contributed by atoms with van der Waals surface area (Å²) in [5.41, 5.74) is 2.97. The van der Waals surface area contributed by atoms with Crippen molar-refractivity contribution in [3.05, 3.63) is 60.0 Å². The normalized spacial score (nSPS) is 14.7. The van der Waals surface area contributed by atoms with E-state index in [1.54, 1.807) is 4.90 Å². The molecule has 0 fully saturated rings. The summed E-state index contributed by atoms with van der Waals surface area (Å²) < 4.78 is 1.89. The van der Waals surface area contributed by atoms with Gasteiger partial charge in [-0.1, -0.05) is 24.3 Å². The van der Waals surface area contributed by atoms with Crippen LogP contribution in [-0.4, -0.2) is 27.2 Å². The van der Waals surface area contributed by atoms with Gasteiger partial charge in [0.15, 0.2) is 11.5 Å². The summed E-state index contributed by atoms with van der Waals surface area (Å²) in [5, 5.41) is 11.3. The number of pyridine rings is 1. The number of nitrogens with one attached hydrogen (secondary N) is 1. The molecule has 116 valence electrons. The number of carbonyl (C=O) groups excluding carboxylic acids is 1. The van der Waals surface area contributed by atoms with Crippen LogP contribution in [0.25, 0.3) is 5.65 Å². The van der Waals surface area contributed by atoms with Crippen LogP contribution in [0, 0.1) is 0 Å². The third-order valence-corrected chi connectivity index (χ3v) is 4.20. The summed E-state index contributed by atoms with van der Waals surface area (Å²) in [7, 11) is 0. The topological polar surface area (TPSA) is 62.5 Å². The van der Waals surface area contributed by atoms with Gasteiger partial charge in [-0.05, 0) is 37.1 Å². The molecular weight excluding hydrogens is 290 g/mol. The molecule has 1 aromatic carbocycles. The van der Waals surface area contributed by atoms with Crippen LogP contribution in [0.2, 0.25) is 0 Å². The Morgan fingerprint density at radius 2 is 2.00 bits per heavy atom. The van der Waals surface area contributed by atoms with Crippen molar-refractivity contribution in [2.45, 2.75) is 19.4 Å². The molecule has 1 aliphatic rings. The first-order valence-corrected chi connectivity index (χ1v) is 7.69. The Bertz CT molecular complexity index is 872. The molecule has 0 radical (unpaired) electrons. The number of carbonyl (C=O) groups is 1. The Morgan fingerprint density at radius 1 is 1.17 bits per heavy atom. The van der Waals surface area contributed by atoms with Crippen molar-refractivity contribution in [1.82, 2.24) is 19.9 Å². The molecule has 0 saturated heterocycles. The van der Waals surface area contributed by atoms with Crippen molar-refractivity contribution in [2.24, 2.45) is 0 Å². The molecular formula is C17H17N5O. The summed E-state index contributed by atoms with van der Waals surface area (Å²) in [6.45, 7) is 2.63. The number of para-hydroxylation sites is 1. The predicted molar refractivity (Wildman–Crippen MR) is 87.4 cm³/mol. The van der Waals surface area contributed by atoms with Crippen molar-refractivity contribution in [3.8, 4) is 0 Å². The number of rotatable bonds is 2. The summed E-state index contributed by atoms with van der Waals surface area (Å²) in [5.74, 6) is 0.724. The van der Waals surface area contributed by atoms with Crippen molar-refractivity contribution >= 4 is 17.4 Å². The van der Waals surface area contributed by atoms with Crippen LogP contribution in [0.4, 0.5) is 10.5 Å². The maximum Gasteiger partial charge on any atom is 0.322 e. The number of fused-ring (bicyclic) bond motifs is 2. The van der Waals surface area contributed by atoms with Gasteiger partial charge in [0, 0.05) is 18.4 Å². The van der Waals surface area contributed by atoms with E-state index in [1.807, 2.05) is 53.9 Å². The fraction of sp³-hybridized carbons (Fsp3) is 0.235. The second kappa shape index (κ2) is 5.39. The molecule has 0 aliphatic carbocycles. The van der Waals surface area contributed by atoms with Crippen molar-refractivity contribution in [2.75, 3.05) is 11.4 Å². The van der Waals surface area contributed by atoms with Gasteiger partial charge in [0.2, 0.25) is 0 Å². The highest BCUT2D eigenvalue weighted by molar-refractivity contribution is 5.94. The van der Waals surface area contributed by atoms with Crippen molar-refractivity contribution < 1.29 is 4.79 Å². The molecule has 1 aliphatic heterocycles. The predicted octanol–water partition coefficient (Wildman–Crippen LogP) is 2.56. The standard InChI is InChI=1S/C17H17N5O/c1-12(16-20-19-15-8-4-5-10-22(15)16)18-17(23)21-11-9-13-6-2-3-7-14(13)21/h2-8,10,12H,9,11H2,1H3,(H,18,23). The number of aromatic nitrogens is 3. The average Bonchev–Trinajstić information content (AvgIpc) is 3.19. The lowest BCUT2D eigenvalue weighted by atomic mass is 10.2. The third-order valence-electron chi connectivity index (χ3n) is 4.20. The average molecular weight is 307 g/mol. The number of anilines is 1. The first kappa shape index (κ1) is 13.8. The van der Waals surface area contributed by atoms with E-state index in [1.165, 1.54) is 5.56 Å². The Morgan fingerprint density at radius 3 is 2.91 bits per heavy atom. The van der Waals surface area contributed by atoms with E-state index < -0.39 is 0 Å². The van der Waals surface area contributed by atoms with Crippen LogP contribution < -0.4 is 10.2 Å². The Balaban J connectivity index is 1.55. The molecule has 2 aromatic heterocycles. The molecule has 6 nitrogen and oxygen atoms in total. The zero-order valence-corrected chi connectivity index (χ0v) is 12.8. The van der Waals surface area contributed by atoms with Gasteiger partial charge in [0.05, 0.1) is 6.04 Å². The van der Waals surface area contributed by atoms with E-state index in [0.29, 0.717) is 6.54 Å². The summed E-state index contributed by atoms with van der Waals surface area (Å²) in [4.78, 5) is 14.4. The highest BCUT2D eigenvalue weighted by Crippen LogP contribution is 2.27. The van der Waals surface area contributed by atoms with E-state index in [9.17, 15) is 4.79 Å². The van der Waals surface area contributed by atoms with Crippen LogP contribution >= 0.6 is 0 Å². The van der Waals surface area contributed by atoms with E-state index >= 15 is 0 Å². The van der Waals surface area contributed by atoms with Gasteiger partial charge in [0.1, 0.15) is 0 Å². The van der Waals surface area contributed by atoms with Crippen molar-refractivity contribution in [1.29, 1.82) is 0 Å². The highest BCUT2D eigenvalue weighted by Gasteiger charge is 2.26. The molecule has 2 amide bonds. The van der Waals surface area contributed by atoms with Crippen LogP contribution in [-0.2, 0) is 6.42 Å². The third kappa shape index (κ3) is 2.32. The molecule has 0 bridgehead atoms. The Labute approximate surface area is 133 Å². The van der Waals surface area contributed by atoms with Crippen LogP contribution in [0.3, 0.4) is 0 Å². The van der Waals surface area contributed by atoms with Crippen molar-refractivity contribution in [3.63, 3.8) is 0 Å². The zero-order chi connectivity index (χ0) is 15.8. The molecule has 23 heavy (non-hydrogen) atoms. The number of urea groups is 1. The lowest BCUT2D eigenvalue weighted by Gasteiger charge is -2.20. The van der Waals surface area contributed by atoms with E-state index in [4.69, 9.17) is 0 Å². The molecule has 1 atom stereocenters. The first-order chi connectivity index (χ1) is 11.2. The quantitative estimate of drug-likeness (QED) is 0.791. The number of nitrogens with zero attached hydrogens (tertiary/aromatic N) is 4. The number of amides is 2. The zero-order valence-electron chi connectivity index (χ0n) is 12.8. The molecule has 4 rings (SSSR count). The minimum Gasteiger partial charge on any atom is -0.328 e. The molecule has 3 heterocycles. The van der Waals surface area contributed by atoms with Gasteiger partial charge in [-0.15, -0.1) is 10.2 Å². The molecule has 3 aromatic rings. The van der Waals surface area contributed by atoms with Gasteiger partial charge in [-0.3, -0.25) is 9.30 Å². The molecule has 0 spiro atoms. The van der Waals surface area contributed by atoms with E-state index in [0.717, 1.165) is 23.6 Å². The molecule has 1 unspecified atom stereocenters. The Hall–Kier alpha value is -2.89. The largest absolute Gasteiger partial charge is 0.328 e. The lowest BCUT2D eigenvalue weighted by molar-refractivity contribution is 0.243. The minimum atomic E-state index is -0.229. The minimum absolute atomic E-state index is 0.102. The number of benzene rings is 1. The second-order valence-corrected chi connectivity index (χ2v) is 5.69. The SMILES string of the molecule is CC(NC(=O)N1CCc2ccccc21)c1nnc2ccccn12. The van der Waals surface area contributed by atoms with Gasteiger partial charge in [-0.2, -0.15) is 0 Å². The van der Waals surface area contributed by atoms with E-state index in [-0.39, 0.29) is 12.1 Å². The van der Waals surface area contributed by atoms with Gasteiger partial charge < -0.3 is 5.32 Å². The van der Waals surface area contributed by atoms with Gasteiger partial charge in [-0.25, -0.2) is 4.79 Å². The first-order valence-electron chi connectivity index (χ1n) is 7.69. The van der Waals surface area contributed by atoms with Crippen LogP contribution in [0.5, 0.6) is 0 Å². The van der Waals surface area contributed by atoms with Gasteiger partial charge >= 0.3 is 6.03 Å². The second-order valence-electron chi connectivity index (χ2n) is 5.69. The van der Waals surface area contributed by atoms with Crippen LogP contribution in [0.15, 0.2) is 48.7 Å². The summed E-state index contributed by atoms with van der Waals surface area (Å²) in [6, 6.07) is 13.4. The Kier molecular flexibility index (Phi) is 3.22. The maximum atomic E-state index is 12.6. The van der Waals surface area contributed by atoms with Gasteiger partial charge in [0.25, 0.3) is 0 Å². The monoisotopic (exact) mass is 307 g/mol. The number of hydrogen-bond donors (Lipinski definition) is 1. The molecule has 0 saturated carbocycles. The lowest BCUT2D eigenvalue weighted by Crippen LogP contribution is -2.40. The fourth-order valence-corrected chi connectivity index (χ4v) is 3.03. The van der Waals surface area contributed by atoms with E-state index in [2.05, 4.69) is 21.6 Å². The highest BCUT2D eigenvalue weighted by atomic mass is 16.2. The maximum absolute atomic E-state index is 12.6. The fourth-order valence-electron chi connectivity index (χ4n) is 3.03. The molecule has 6 heteroatoms. The molecule has 1 N–H and O–H groups in total. The summed E-state index contributed by atoms with van der Waals surface area (Å²) in [6.07, 6.45) is 2.80. The van der Waals surface area contributed by atoms with Crippen LogP contribution in [0.1, 0.15) is 24.4 Å². The smallest absolute Gasteiger partial charge is 0.322 e. The number of hydrogen-bond acceptors (Lipinski definition) is 3. The summed E-state index contributed by atoms with van der Waals surface area (Å²) >= 11 is 0.